The van der Waals surface area contributed by atoms with Crippen molar-refractivity contribution in [2.45, 2.75) is 53.3 Å². The Morgan fingerprint density at radius 2 is 1.80 bits per heavy atom. The van der Waals surface area contributed by atoms with Crippen LogP contribution in [0.3, 0.4) is 0 Å². The lowest BCUT2D eigenvalue weighted by atomic mass is 10.0. The van der Waals surface area contributed by atoms with Crippen molar-refractivity contribution in [3.8, 4) is 0 Å². The summed E-state index contributed by atoms with van der Waals surface area (Å²) >= 11 is 0. The Morgan fingerprint density at radius 3 is 2.00 bits per heavy atom. The fraction of sp³-hybridized carbons (Fsp3) is 0.900. The van der Waals surface area contributed by atoms with Crippen LogP contribution in [0.2, 0.25) is 0 Å². The lowest BCUT2D eigenvalue weighted by Gasteiger charge is -2.37. The van der Waals surface area contributed by atoms with Gasteiger partial charge in [-0.2, -0.15) is 0 Å². The zero-order chi connectivity index (χ0) is 12.2. The summed E-state index contributed by atoms with van der Waals surface area (Å²) in [4.78, 5) is 21.7. The van der Waals surface area contributed by atoms with Crippen LogP contribution in [0.5, 0.6) is 0 Å². The third-order valence-electron chi connectivity index (χ3n) is 1.87. The highest BCUT2D eigenvalue weighted by atomic mass is 16.6. The van der Waals surface area contributed by atoms with Crippen LogP contribution in [-0.2, 0) is 9.53 Å². The summed E-state index contributed by atoms with van der Waals surface area (Å²) in [7, 11) is 0. The fourth-order valence-electron chi connectivity index (χ4n) is 1.19. The highest BCUT2D eigenvalue weighted by Gasteiger charge is 2.33. The van der Waals surface area contributed by atoms with E-state index in [0.29, 0.717) is 0 Å². The van der Waals surface area contributed by atoms with Crippen LogP contribution >= 0.6 is 0 Å². The molecule has 0 aromatic carbocycles. The Kier molecular flexibility index (Phi) is 4.71. The zero-order valence-corrected chi connectivity index (χ0v) is 10.3. The van der Waals surface area contributed by atoms with E-state index in [-0.39, 0.29) is 5.92 Å². The quantitative estimate of drug-likeness (QED) is 0.313. The molecule has 5 nitrogen and oxygen atoms in total. The summed E-state index contributed by atoms with van der Waals surface area (Å²) in [6, 6.07) is 0. The fourth-order valence-corrected chi connectivity index (χ4v) is 1.19. The van der Waals surface area contributed by atoms with Gasteiger partial charge in [0.15, 0.2) is 6.23 Å². The topological polar surface area (TPSA) is 59.0 Å². The van der Waals surface area contributed by atoms with Crippen LogP contribution < -0.4 is 0 Å². The van der Waals surface area contributed by atoms with E-state index in [1.807, 2.05) is 34.6 Å². The first-order valence-electron chi connectivity index (χ1n) is 5.00. The predicted molar refractivity (Wildman–Crippen MR) is 57.8 cm³/mol. The average molecular weight is 216 g/mol. The van der Waals surface area contributed by atoms with Gasteiger partial charge in [0.25, 0.3) is 0 Å². The summed E-state index contributed by atoms with van der Waals surface area (Å²) in [5, 5.41) is 4.22. The molecule has 5 heteroatoms. The first kappa shape index (κ1) is 13.9. The van der Waals surface area contributed by atoms with Gasteiger partial charge in [0.1, 0.15) is 0 Å². The molecule has 0 N–H and O–H groups in total. The van der Waals surface area contributed by atoms with E-state index in [0.717, 1.165) is 0 Å². The standard InChI is InChI=1S/C10H20N2O3/c1-7(2)9(15-8(3)13)12(11-14)10(4,5)6/h7,9H,1-6H3. The van der Waals surface area contributed by atoms with E-state index in [9.17, 15) is 9.70 Å². The van der Waals surface area contributed by atoms with Crippen molar-refractivity contribution in [1.29, 1.82) is 0 Å². The van der Waals surface area contributed by atoms with E-state index < -0.39 is 17.7 Å². The van der Waals surface area contributed by atoms with Crippen LogP contribution in [0, 0.1) is 10.8 Å². The molecule has 0 saturated carbocycles. The number of carbonyl (C=O) groups is 1. The molecule has 0 bridgehead atoms. The van der Waals surface area contributed by atoms with Crippen LogP contribution in [0.1, 0.15) is 41.5 Å². The largest absolute Gasteiger partial charge is 0.440 e. The van der Waals surface area contributed by atoms with Crippen LogP contribution in [-0.4, -0.2) is 22.7 Å². The number of nitrogens with zero attached hydrogens (tertiary/aromatic N) is 2. The van der Waals surface area contributed by atoms with Crippen LogP contribution in [0.25, 0.3) is 0 Å². The molecule has 0 heterocycles. The van der Waals surface area contributed by atoms with Crippen LogP contribution in [0.4, 0.5) is 0 Å². The minimum absolute atomic E-state index is 0.00539. The maximum atomic E-state index is 10.9. The average Bonchev–Trinajstić information content (AvgIpc) is 2.00. The summed E-state index contributed by atoms with van der Waals surface area (Å²) < 4.78 is 5.08. The molecule has 0 radical (unpaired) electrons. The van der Waals surface area contributed by atoms with Gasteiger partial charge in [0.05, 0.1) is 10.8 Å². The van der Waals surface area contributed by atoms with Crippen LogP contribution in [0.15, 0.2) is 5.29 Å². The van der Waals surface area contributed by atoms with E-state index in [2.05, 4.69) is 5.29 Å². The maximum Gasteiger partial charge on any atom is 0.304 e. The Hall–Kier alpha value is -1.13. The normalized spacial score (nSPS) is 13.5. The maximum absolute atomic E-state index is 10.9. The zero-order valence-electron chi connectivity index (χ0n) is 10.3. The van der Waals surface area contributed by atoms with E-state index in [1.54, 1.807) is 0 Å². The van der Waals surface area contributed by atoms with Crippen molar-refractivity contribution in [1.82, 2.24) is 5.01 Å². The van der Waals surface area contributed by atoms with Gasteiger partial charge < -0.3 is 4.74 Å². The second kappa shape index (κ2) is 5.09. The minimum atomic E-state index is -0.611. The third-order valence-corrected chi connectivity index (χ3v) is 1.87. The smallest absolute Gasteiger partial charge is 0.304 e. The third kappa shape index (κ3) is 4.27. The van der Waals surface area contributed by atoms with Crippen molar-refractivity contribution in [2.75, 3.05) is 0 Å². The monoisotopic (exact) mass is 216 g/mol. The molecule has 0 aliphatic rings. The lowest BCUT2D eigenvalue weighted by molar-refractivity contribution is -0.169. The molecule has 1 atom stereocenters. The molecule has 0 aliphatic heterocycles. The predicted octanol–water partition coefficient (Wildman–Crippen LogP) is 2.31. The van der Waals surface area contributed by atoms with Gasteiger partial charge >= 0.3 is 5.97 Å². The van der Waals surface area contributed by atoms with E-state index in [4.69, 9.17) is 4.74 Å². The summed E-state index contributed by atoms with van der Waals surface area (Å²) in [5.41, 5.74) is -0.466. The molecule has 0 rings (SSSR count). The Labute approximate surface area is 90.7 Å². The number of hydrogen-bond acceptors (Lipinski definition) is 4. The number of hydrogen-bond donors (Lipinski definition) is 0. The molecule has 0 spiro atoms. The number of esters is 1. The van der Waals surface area contributed by atoms with Gasteiger partial charge in [-0.1, -0.05) is 13.8 Å². The second-order valence-electron chi connectivity index (χ2n) is 4.84. The number of rotatable bonds is 4. The first-order valence-corrected chi connectivity index (χ1v) is 5.00. The summed E-state index contributed by atoms with van der Waals surface area (Å²) in [6.07, 6.45) is -0.611. The van der Waals surface area contributed by atoms with Crippen molar-refractivity contribution >= 4 is 5.97 Å². The number of ether oxygens (including phenoxy) is 1. The molecule has 0 aromatic rings. The molecular weight excluding hydrogens is 196 g/mol. The molecule has 0 aliphatic carbocycles. The Morgan fingerprint density at radius 1 is 1.33 bits per heavy atom. The molecule has 0 fully saturated rings. The summed E-state index contributed by atoms with van der Waals surface area (Å²) in [6.45, 7) is 10.6. The van der Waals surface area contributed by atoms with Gasteiger partial charge in [-0.25, -0.2) is 5.01 Å². The Balaban J connectivity index is 4.86. The molecule has 0 aromatic heterocycles. The highest BCUT2D eigenvalue weighted by Crippen LogP contribution is 2.23. The van der Waals surface area contributed by atoms with Gasteiger partial charge in [0, 0.05) is 12.8 Å². The first-order chi connectivity index (χ1) is 6.70. The van der Waals surface area contributed by atoms with Gasteiger partial charge in [-0.05, 0) is 20.8 Å². The van der Waals surface area contributed by atoms with Gasteiger partial charge in [-0.3, -0.25) is 4.79 Å². The van der Waals surface area contributed by atoms with Crippen molar-refractivity contribution in [3.05, 3.63) is 4.91 Å². The summed E-state index contributed by atoms with van der Waals surface area (Å²) in [5.74, 6) is -0.405. The molecular formula is C10H20N2O3. The van der Waals surface area contributed by atoms with Crippen molar-refractivity contribution in [2.24, 2.45) is 11.2 Å². The van der Waals surface area contributed by atoms with Crippen molar-refractivity contribution < 1.29 is 9.53 Å². The van der Waals surface area contributed by atoms with Gasteiger partial charge in [0.2, 0.25) is 0 Å². The lowest BCUT2D eigenvalue weighted by Crippen LogP contribution is -2.48. The molecule has 88 valence electrons. The second-order valence-corrected chi connectivity index (χ2v) is 4.84. The SMILES string of the molecule is CC(=O)OC(C(C)C)N(N=O)C(C)(C)C. The number of nitroso groups, excluding NO2 is 1. The molecule has 15 heavy (non-hydrogen) atoms. The molecule has 1 unspecified atom stereocenters. The highest BCUT2D eigenvalue weighted by molar-refractivity contribution is 5.66. The molecule has 0 amide bonds. The van der Waals surface area contributed by atoms with Crippen molar-refractivity contribution in [3.63, 3.8) is 0 Å². The number of carbonyl (C=O) groups excluding carboxylic acids is 1. The van der Waals surface area contributed by atoms with Gasteiger partial charge in [-0.15, -0.1) is 4.91 Å². The van der Waals surface area contributed by atoms with E-state index in [1.165, 1.54) is 11.9 Å². The van der Waals surface area contributed by atoms with E-state index >= 15 is 0 Å². The Bertz CT molecular complexity index is 233. The molecule has 0 saturated heterocycles. The minimum Gasteiger partial charge on any atom is -0.440 e.